The highest BCUT2D eigenvalue weighted by Gasteiger charge is 2.16. The first-order chi connectivity index (χ1) is 25.8. The van der Waals surface area contributed by atoms with Crippen molar-refractivity contribution in [3.8, 4) is 17.6 Å². The molecule has 0 atom stereocenters. The normalized spacial score (nSPS) is 17.3. The Labute approximate surface area is 266 Å². The van der Waals surface area contributed by atoms with Crippen molar-refractivity contribution >= 4 is 39.7 Å². The summed E-state index contributed by atoms with van der Waals surface area (Å²) in [5, 5.41) is 11.7. The zero-order valence-corrected chi connectivity index (χ0v) is 22.8. The molecule has 9 heteroatoms. The molecule has 0 bridgehead atoms. The van der Waals surface area contributed by atoms with Crippen LogP contribution in [0.5, 0.6) is 11.5 Å². The minimum absolute atomic E-state index is 0.0317. The lowest BCUT2D eigenvalue weighted by Gasteiger charge is -2.16. The average molecular weight is 585 g/mol. The largest absolute Gasteiger partial charge is 0.494 e. The average Bonchev–Trinajstić information content (AvgIpc) is 3.09. The Morgan fingerprint density at radius 3 is 2.90 bits per heavy atom. The third kappa shape index (κ3) is 7.82. The highest BCUT2D eigenvalue weighted by Crippen LogP contribution is 2.36. The zero-order chi connectivity index (χ0) is 42.4. The summed E-state index contributed by atoms with van der Waals surface area (Å²) in [7, 11) is 3.29. The topological polar surface area (TPSA) is 100 Å². The Hall–Kier alpha value is -4.45. The van der Waals surface area contributed by atoms with Crippen molar-refractivity contribution in [2.75, 3.05) is 32.5 Å². The number of ketones is 1. The van der Waals surface area contributed by atoms with Crippen LogP contribution in [0, 0.1) is 18.3 Å². The summed E-state index contributed by atoms with van der Waals surface area (Å²) < 4.78 is 134. The maximum absolute atomic E-state index is 13.2. The number of halogens is 1. The van der Waals surface area contributed by atoms with Gasteiger partial charge in [-0.25, -0.2) is 0 Å². The number of nitriles is 1. The molecule has 4 rings (SSSR count). The van der Waals surface area contributed by atoms with E-state index in [9.17, 15) is 11.4 Å². The summed E-state index contributed by atoms with van der Waals surface area (Å²) in [6.45, 7) is -5.97. The zero-order valence-electron chi connectivity index (χ0n) is 37.1. The van der Waals surface area contributed by atoms with E-state index in [0.717, 1.165) is 6.08 Å². The number of fused-ring (bicyclic) bond motifs is 1. The lowest BCUT2D eigenvalue weighted by atomic mass is 10.0. The first-order valence-corrected chi connectivity index (χ1v) is 12.2. The molecule has 0 saturated heterocycles. The molecule has 210 valence electrons. The molecule has 1 N–H and O–H groups in total. The second-order valence-electron chi connectivity index (χ2n) is 8.63. The molecule has 2 aromatic heterocycles. The van der Waals surface area contributed by atoms with Crippen LogP contribution in [0.1, 0.15) is 49.9 Å². The molecule has 0 saturated carbocycles. The van der Waals surface area contributed by atoms with Gasteiger partial charge in [-0.3, -0.25) is 14.8 Å². The first-order valence-electron chi connectivity index (χ1n) is 19.4. The van der Waals surface area contributed by atoms with Crippen molar-refractivity contribution in [3.05, 3.63) is 94.2 Å². The third-order valence-electron chi connectivity index (χ3n) is 5.18. The van der Waals surface area contributed by atoms with Crippen molar-refractivity contribution in [3.63, 3.8) is 0 Å². The number of hydrogen-bond acceptors (Lipinski definition) is 8. The molecule has 0 unspecified atom stereocenters. The molecule has 0 aliphatic carbocycles. The molecule has 0 fully saturated rings. The summed E-state index contributed by atoms with van der Waals surface area (Å²) in [5.41, 5.74) is -2.76. The van der Waals surface area contributed by atoms with E-state index in [1.54, 1.807) is 25.1 Å². The van der Waals surface area contributed by atoms with Gasteiger partial charge in [0.2, 0.25) is 0 Å². The van der Waals surface area contributed by atoms with E-state index in [2.05, 4.69) is 15.3 Å². The molecule has 0 aliphatic heterocycles. The maximum Gasteiger partial charge on any atom is 0.159 e. The minimum Gasteiger partial charge on any atom is -0.494 e. The smallest absolute Gasteiger partial charge is 0.159 e. The van der Waals surface area contributed by atoms with E-state index in [-0.39, 0.29) is 30.0 Å². The molecule has 0 amide bonds. The van der Waals surface area contributed by atoms with Crippen molar-refractivity contribution in [1.29, 1.82) is 5.26 Å². The molecule has 0 aliphatic rings. The number of anilines is 2. The van der Waals surface area contributed by atoms with E-state index in [4.69, 9.17) is 40.3 Å². The summed E-state index contributed by atoms with van der Waals surface area (Å²) in [6, 6.07) is -3.33. The van der Waals surface area contributed by atoms with E-state index in [0.29, 0.717) is 0 Å². The molecule has 2 heterocycles. The van der Waals surface area contributed by atoms with Gasteiger partial charge in [0.05, 0.1) is 50.5 Å². The summed E-state index contributed by atoms with van der Waals surface area (Å²) >= 11 is 6.46. The highest BCUT2D eigenvalue weighted by molar-refractivity contribution is 6.32. The Morgan fingerprint density at radius 1 is 1.27 bits per heavy atom. The predicted molar refractivity (Wildman–Crippen MR) is 162 cm³/mol. The SMILES string of the molecule is [2H]/C(=C\C(=O)Cc1c(OC([2H])([2H])C([2H])([2H])[2H])c([2H])c2nc([2H])c(C#N)c(Nc3c([2H])c([2H])c(OCc4nc(C)c([2H])c([2H])c4[2H])c(Cl)c3[2H])c2c1[2H])CN(C)C. The van der Waals surface area contributed by atoms with Gasteiger partial charge < -0.3 is 19.7 Å². The van der Waals surface area contributed by atoms with Gasteiger partial charge in [-0.15, -0.1) is 0 Å². The fourth-order valence-electron chi connectivity index (χ4n) is 3.43. The number of allylic oxidation sites excluding steroid dienone is 1. The van der Waals surface area contributed by atoms with Crippen LogP contribution in [0.25, 0.3) is 10.9 Å². The monoisotopic (exact) mass is 584 g/mol. The highest BCUT2D eigenvalue weighted by atomic mass is 35.5. The minimum atomic E-state index is -3.48. The fraction of sp³-hybridized carbons (Fsp3) is 0.250. The van der Waals surface area contributed by atoms with Crippen LogP contribution in [0.2, 0.25) is 5.02 Å². The second kappa shape index (κ2) is 13.8. The number of hydrogen-bond donors (Lipinski definition) is 1. The van der Waals surface area contributed by atoms with E-state index in [1.807, 2.05) is 0 Å². The maximum atomic E-state index is 13.2. The van der Waals surface area contributed by atoms with Crippen LogP contribution in [-0.4, -0.2) is 47.9 Å². The van der Waals surface area contributed by atoms with Gasteiger partial charge in [0, 0.05) is 51.6 Å². The van der Waals surface area contributed by atoms with Gasteiger partial charge >= 0.3 is 0 Å². The van der Waals surface area contributed by atoms with Crippen LogP contribution in [0.4, 0.5) is 11.4 Å². The molecular formula is C32H32ClN5O3. The molecule has 4 aromatic rings. The van der Waals surface area contributed by atoms with E-state index >= 15 is 0 Å². The van der Waals surface area contributed by atoms with Crippen LogP contribution in [-0.2, 0) is 17.8 Å². The quantitative estimate of drug-likeness (QED) is 0.191. The molecule has 0 radical (unpaired) electrons. The number of carbonyl (C=O) groups excluding carboxylic acids is 1. The van der Waals surface area contributed by atoms with E-state index < -0.39 is 131 Å². The van der Waals surface area contributed by atoms with Gasteiger partial charge in [0.15, 0.2) is 5.78 Å². The number of aromatic nitrogens is 2. The number of rotatable bonds is 12. The Morgan fingerprint density at radius 2 is 2.12 bits per heavy atom. The van der Waals surface area contributed by atoms with Crippen molar-refractivity contribution in [2.24, 2.45) is 0 Å². The van der Waals surface area contributed by atoms with Crippen molar-refractivity contribution in [1.82, 2.24) is 14.9 Å². The van der Waals surface area contributed by atoms with E-state index in [1.165, 1.54) is 6.92 Å². The lowest BCUT2D eigenvalue weighted by Crippen LogP contribution is -2.11. The standard InChI is InChI=1S/C32H32ClN5O3/c1-5-40-31-17-29-27(15-22(31)14-26(39)10-7-13-38(3)4)32(23(18-34)19-35-29)37-24-11-12-30(28(33)16-24)41-20-25-9-6-8-21(2)36-25/h6-12,15-17,19H,5,13-14,20H2,1-4H3,(H,35,37)/b10-7+/i1D3,5D2,6D,7D,8D,9D,11D,12D,15D,16D,17D,19D. The van der Waals surface area contributed by atoms with Crippen molar-refractivity contribution < 1.29 is 34.8 Å². The Balaban J connectivity index is 1.97. The number of aryl methyl sites for hydroxylation is 1. The number of pyridine rings is 2. The number of likely N-dealkylation sites (N-methyl/N-ethyl adjacent to an activating group) is 1. The van der Waals surface area contributed by atoms with Gasteiger partial charge in [0.1, 0.15) is 24.2 Å². The number of benzene rings is 2. The predicted octanol–water partition coefficient (Wildman–Crippen LogP) is 6.41. The summed E-state index contributed by atoms with van der Waals surface area (Å²) in [6.07, 6.45) is -0.736. The Kier molecular flexibility index (Phi) is 5.21. The van der Waals surface area contributed by atoms with Gasteiger partial charge in [-0.05, 0) is 70.2 Å². The third-order valence-corrected chi connectivity index (χ3v) is 5.44. The van der Waals surface area contributed by atoms with Gasteiger partial charge in [0.25, 0.3) is 0 Å². The lowest BCUT2D eigenvalue weighted by molar-refractivity contribution is -0.114. The molecular weight excluding hydrogens is 538 g/mol. The first kappa shape index (κ1) is 15.5. The fourth-order valence-corrected chi connectivity index (χ4v) is 3.62. The van der Waals surface area contributed by atoms with Crippen molar-refractivity contribution in [2.45, 2.75) is 26.8 Å². The molecule has 2 aromatic carbocycles. The number of nitrogens with zero attached hydrogens (tertiary/aromatic N) is 4. The van der Waals surface area contributed by atoms with Crippen LogP contribution < -0.4 is 14.8 Å². The van der Waals surface area contributed by atoms with Crippen LogP contribution in [0.3, 0.4) is 0 Å². The molecule has 41 heavy (non-hydrogen) atoms. The van der Waals surface area contributed by atoms with Crippen LogP contribution in [0.15, 0.2) is 66.6 Å². The Bertz CT molecular complexity index is 2320. The molecule has 8 nitrogen and oxygen atoms in total. The number of ether oxygens (including phenoxy) is 2. The summed E-state index contributed by atoms with van der Waals surface area (Å²) in [4.78, 5) is 22.8. The number of nitrogens with one attached hydrogen (secondary N) is 1. The van der Waals surface area contributed by atoms with Gasteiger partial charge in [-0.1, -0.05) is 23.7 Å². The van der Waals surface area contributed by atoms with Gasteiger partial charge in [-0.2, -0.15) is 5.26 Å². The summed E-state index contributed by atoms with van der Waals surface area (Å²) in [5.74, 6) is -2.21. The number of carbonyl (C=O) groups is 1. The second-order valence-corrected chi connectivity index (χ2v) is 9.00. The molecule has 0 spiro atoms. The van der Waals surface area contributed by atoms with Crippen LogP contribution >= 0.6 is 11.6 Å².